The van der Waals surface area contributed by atoms with E-state index < -0.39 is 28.8 Å². The maximum Gasteiger partial charge on any atom is 0.270 e. The van der Waals surface area contributed by atoms with E-state index in [0.29, 0.717) is 44.3 Å². The van der Waals surface area contributed by atoms with E-state index in [-0.39, 0.29) is 29.1 Å². The molecule has 260 valence electrons. The molecule has 1 saturated heterocycles. The Morgan fingerprint density at radius 1 is 0.911 bits per heavy atom. The molecule has 4 atom stereocenters. The molecule has 0 saturated carbocycles. The molecular formula is C34H62N4O6S. The lowest BCUT2D eigenvalue weighted by Crippen LogP contribution is -2.54. The minimum absolute atomic E-state index is 0.0135. The SMILES string of the molecule is CCC(C)(C)CC(C)(C)C(=O)C(C)(CC)O[C@@H](C)C(=O)C(C)(CC)O[C@@H](CNC(C)(C)C)COc1nsnc1N1CCOCC1. The van der Waals surface area contributed by atoms with Gasteiger partial charge in [-0.25, -0.2) is 0 Å². The van der Waals surface area contributed by atoms with Crippen LogP contribution in [0.3, 0.4) is 0 Å². The summed E-state index contributed by atoms with van der Waals surface area (Å²) in [6.07, 6.45) is 1.26. The van der Waals surface area contributed by atoms with Crippen LogP contribution in [0.1, 0.15) is 116 Å². The van der Waals surface area contributed by atoms with Crippen molar-refractivity contribution in [1.82, 2.24) is 14.1 Å². The quantitative estimate of drug-likeness (QED) is 0.183. The molecule has 0 spiro atoms. The fourth-order valence-corrected chi connectivity index (χ4v) is 6.45. The Bertz CT molecular complexity index is 1100. The lowest BCUT2D eigenvalue weighted by atomic mass is 9.68. The van der Waals surface area contributed by atoms with Crippen molar-refractivity contribution in [2.24, 2.45) is 10.8 Å². The van der Waals surface area contributed by atoms with Gasteiger partial charge in [-0.2, -0.15) is 4.37 Å². The first-order chi connectivity index (χ1) is 20.7. The maximum atomic E-state index is 14.1. The minimum Gasteiger partial charge on any atom is -0.472 e. The molecule has 2 heterocycles. The van der Waals surface area contributed by atoms with Gasteiger partial charge in [0.25, 0.3) is 5.88 Å². The highest BCUT2D eigenvalue weighted by Gasteiger charge is 2.47. The van der Waals surface area contributed by atoms with Crippen molar-refractivity contribution in [2.45, 2.75) is 145 Å². The number of hydrogen-bond donors (Lipinski definition) is 1. The molecule has 0 aromatic carbocycles. The molecular weight excluding hydrogens is 592 g/mol. The summed E-state index contributed by atoms with van der Waals surface area (Å²) >= 11 is 1.11. The van der Waals surface area contributed by atoms with E-state index in [0.717, 1.165) is 37.7 Å². The number of ketones is 2. The Labute approximate surface area is 277 Å². The highest BCUT2D eigenvalue weighted by atomic mass is 32.1. The van der Waals surface area contributed by atoms with E-state index >= 15 is 0 Å². The van der Waals surface area contributed by atoms with Crippen LogP contribution >= 0.6 is 11.7 Å². The average Bonchev–Trinajstić information content (AvgIpc) is 3.45. The zero-order chi connectivity index (χ0) is 34.3. The van der Waals surface area contributed by atoms with E-state index in [1.165, 1.54) is 0 Å². The molecule has 1 aromatic rings. The molecule has 0 amide bonds. The summed E-state index contributed by atoms with van der Waals surface area (Å²) in [5.41, 5.74) is -3.05. The van der Waals surface area contributed by atoms with E-state index in [9.17, 15) is 9.59 Å². The van der Waals surface area contributed by atoms with E-state index in [1.54, 1.807) is 6.92 Å². The monoisotopic (exact) mass is 654 g/mol. The summed E-state index contributed by atoms with van der Waals surface area (Å²) in [5.74, 6) is 0.982. The predicted octanol–water partition coefficient (Wildman–Crippen LogP) is 6.26. The lowest BCUT2D eigenvalue weighted by Gasteiger charge is -2.41. The van der Waals surface area contributed by atoms with Gasteiger partial charge in [0, 0.05) is 30.6 Å². The molecule has 11 heteroatoms. The van der Waals surface area contributed by atoms with Gasteiger partial charge in [-0.1, -0.05) is 54.9 Å². The minimum atomic E-state index is -1.17. The Kier molecular flexibility index (Phi) is 14.0. The zero-order valence-electron chi connectivity index (χ0n) is 30.4. The van der Waals surface area contributed by atoms with Gasteiger partial charge in [-0.3, -0.25) is 9.59 Å². The first-order valence-electron chi connectivity index (χ1n) is 16.7. The number of anilines is 1. The van der Waals surface area contributed by atoms with E-state index in [1.807, 2.05) is 41.5 Å². The van der Waals surface area contributed by atoms with Crippen molar-refractivity contribution in [3.05, 3.63) is 0 Å². The number of ether oxygens (including phenoxy) is 4. The van der Waals surface area contributed by atoms with E-state index in [2.05, 4.69) is 60.5 Å². The fourth-order valence-electron chi connectivity index (χ4n) is 5.93. The van der Waals surface area contributed by atoms with Crippen LogP contribution in [0, 0.1) is 10.8 Å². The molecule has 1 aliphatic rings. The predicted molar refractivity (Wildman–Crippen MR) is 181 cm³/mol. The normalized spacial score (nSPS) is 19.0. The smallest absolute Gasteiger partial charge is 0.270 e. The number of nitrogens with zero attached hydrogens (tertiary/aromatic N) is 3. The highest BCUT2D eigenvalue weighted by molar-refractivity contribution is 6.99. The Hall–Kier alpha value is -1.66. The average molecular weight is 655 g/mol. The van der Waals surface area contributed by atoms with Crippen LogP contribution in [0.5, 0.6) is 5.88 Å². The van der Waals surface area contributed by atoms with Gasteiger partial charge in [-0.05, 0) is 66.2 Å². The van der Waals surface area contributed by atoms with Gasteiger partial charge in [-0.15, -0.1) is 4.37 Å². The van der Waals surface area contributed by atoms with Crippen molar-refractivity contribution in [1.29, 1.82) is 0 Å². The van der Waals surface area contributed by atoms with Crippen LogP contribution in [0.2, 0.25) is 0 Å². The molecule has 1 aromatic heterocycles. The van der Waals surface area contributed by atoms with Crippen molar-refractivity contribution in [2.75, 3.05) is 44.4 Å². The van der Waals surface area contributed by atoms with Gasteiger partial charge in [0.2, 0.25) is 5.82 Å². The van der Waals surface area contributed by atoms with Crippen LogP contribution in [-0.4, -0.2) is 88.7 Å². The first-order valence-corrected chi connectivity index (χ1v) is 17.4. The summed E-state index contributed by atoms with van der Waals surface area (Å²) in [4.78, 5) is 30.2. The number of aromatic nitrogens is 2. The summed E-state index contributed by atoms with van der Waals surface area (Å²) in [6, 6.07) is 0. The highest BCUT2D eigenvalue weighted by Crippen LogP contribution is 2.41. The second-order valence-electron chi connectivity index (χ2n) is 15.4. The van der Waals surface area contributed by atoms with Gasteiger partial charge in [0.15, 0.2) is 11.6 Å². The summed E-state index contributed by atoms with van der Waals surface area (Å²) < 4.78 is 33.6. The fraction of sp³-hybridized carbons (Fsp3) is 0.882. The Balaban J connectivity index is 2.23. The van der Waals surface area contributed by atoms with Crippen LogP contribution in [0.15, 0.2) is 0 Å². The molecule has 2 unspecified atom stereocenters. The third-order valence-electron chi connectivity index (χ3n) is 9.09. The van der Waals surface area contributed by atoms with Crippen molar-refractivity contribution in [3.63, 3.8) is 0 Å². The summed E-state index contributed by atoms with van der Waals surface area (Å²) in [7, 11) is 0. The molecule has 0 aliphatic carbocycles. The molecule has 45 heavy (non-hydrogen) atoms. The Morgan fingerprint density at radius 3 is 2.04 bits per heavy atom. The van der Waals surface area contributed by atoms with E-state index in [4.69, 9.17) is 18.9 Å². The van der Waals surface area contributed by atoms with Crippen LogP contribution in [0.4, 0.5) is 5.82 Å². The molecule has 10 nitrogen and oxygen atoms in total. The third kappa shape index (κ3) is 11.2. The number of nitrogens with one attached hydrogen (secondary N) is 1. The molecule has 0 bridgehead atoms. The molecule has 1 N–H and O–H groups in total. The zero-order valence-corrected chi connectivity index (χ0v) is 31.2. The molecule has 2 rings (SSSR count). The van der Waals surface area contributed by atoms with Crippen molar-refractivity contribution >= 4 is 29.1 Å². The maximum absolute atomic E-state index is 14.1. The summed E-state index contributed by atoms with van der Waals surface area (Å²) in [5, 5.41) is 3.49. The number of carbonyl (C=O) groups excluding carboxylic acids is 2. The first kappa shape index (κ1) is 39.5. The number of carbonyl (C=O) groups is 2. The second kappa shape index (κ2) is 16.0. The molecule has 1 fully saturated rings. The van der Waals surface area contributed by atoms with Gasteiger partial charge < -0.3 is 29.2 Å². The van der Waals surface area contributed by atoms with Crippen LogP contribution in [-0.2, 0) is 23.8 Å². The van der Waals surface area contributed by atoms with Crippen LogP contribution in [0.25, 0.3) is 0 Å². The summed E-state index contributed by atoms with van der Waals surface area (Å²) in [6.45, 7) is 29.3. The number of rotatable bonds is 19. The topological polar surface area (TPSA) is 112 Å². The number of morpholine rings is 1. The molecule has 1 aliphatic heterocycles. The van der Waals surface area contributed by atoms with Crippen molar-refractivity contribution in [3.8, 4) is 5.88 Å². The number of hydrogen-bond acceptors (Lipinski definition) is 11. The van der Waals surface area contributed by atoms with Gasteiger partial charge >= 0.3 is 0 Å². The van der Waals surface area contributed by atoms with Gasteiger partial charge in [0.1, 0.15) is 30.0 Å². The number of Topliss-reactive ketones (excluding diaryl/α,β-unsaturated/α-hetero) is 2. The third-order valence-corrected chi connectivity index (χ3v) is 9.60. The second-order valence-corrected chi connectivity index (χ2v) is 15.9. The standard InChI is InChI=1S/C34H62N4O6S/c1-14-31(8,9)23-32(10,11)29(40)34(13,16-3)43-24(4)26(39)33(12,15-2)44-25(21-35-30(5,6)7)22-42-28-27(36-45-37-28)38-17-19-41-20-18-38/h24-25,35H,14-23H2,1-13H3/t24-,25-,33?,34?/m0/s1. The lowest BCUT2D eigenvalue weighted by molar-refractivity contribution is -0.179. The van der Waals surface area contributed by atoms with Crippen LogP contribution < -0.4 is 15.0 Å². The largest absolute Gasteiger partial charge is 0.472 e. The van der Waals surface area contributed by atoms with Gasteiger partial charge in [0.05, 0.1) is 24.9 Å². The Morgan fingerprint density at radius 2 is 1.51 bits per heavy atom. The molecule has 0 radical (unpaired) electrons. The van der Waals surface area contributed by atoms with Crippen molar-refractivity contribution < 1.29 is 28.5 Å².